The molecule has 0 saturated carbocycles. The first-order chi connectivity index (χ1) is 9.01. The molecule has 2 N–H and O–H groups in total. The van der Waals surface area contributed by atoms with Gasteiger partial charge in [0, 0.05) is 22.0 Å². The Morgan fingerprint density at radius 2 is 1.79 bits per heavy atom. The van der Waals surface area contributed by atoms with Gasteiger partial charge in [0.05, 0.1) is 5.56 Å². The fourth-order valence-corrected chi connectivity index (χ4v) is 2.48. The van der Waals surface area contributed by atoms with Crippen LogP contribution in [0.15, 0.2) is 28.3 Å². The third kappa shape index (κ3) is 2.85. The van der Waals surface area contributed by atoms with Crippen molar-refractivity contribution in [2.75, 3.05) is 5.73 Å². The van der Waals surface area contributed by atoms with Crippen molar-refractivity contribution in [2.45, 2.75) is 30.8 Å². The van der Waals surface area contributed by atoms with Crippen LogP contribution in [0.2, 0.25) is 0 Å². The molecule has 5 heteroatoms. The summed E-state index contributed by atoms with van der Waals surface area (Å²) in [4.78, 5) is 9.80. The lowest BCUT2D eigenvalue weighted by Crippen LogP contribution is -1.98. The minimum Gasteiger partial charge on any atom is -0.398 e. The van der Waals surface area contributed by atoms with Crippen LogP contribution in [0.5, 0.6) is 0 Å². The zero-order chi connectivity index (χ0) is 14.0. The predicted molar refractivity (Wildman–Crippen MR) is 75.9 cm³/mol. The van der Waals surface area contributed by atoms with Gasteiger partial charge in [-0.25, -0.2) is 9.97 Å². The zero-order valence-corrected chi connectivity index (χ0v) is 11.9. The molecular formula is C14H14N4S. The maximum atomic E-state index is 8.96. The number of rotatable bonds is 2. The summed E-state index contributed by atoms with van der Waals surface area (Å²) < 4.78 is 0. The van der Waals surface area contributed by atoms with E-state index >= 15 is 0 Å². The lowest BCUT2D eigenvalue weighted by atomic mass is 10.2. The largest absolute Gasteiger partial charge is 0.398 e. The normalized spacial score (nSPS) is 10.2. The quantitative estimate of drug-likeness (QED) is 0.670. The highest BCUT2D eigenvalue weighted by Crippen LogP contribution is 2.28. The average Bonchev–Trinajstić information content (AvgIpc) is 2.38. The van der Waals surface area contributed by atoms with Crippen molar-refractivity contribution in [2.24, 2.45) is 0 Å². The monoisotopic (exact) mass is 270 g/mol. The Labute approximate surface area is 116 Å². The van der Waals surface area contributed by atoms with Crippen LogP contribution in [0.25, 0.3) is 0 Å². The van der Waals surface area contributed by atoms with E-state index in [9.17, 15) is 0 Å². The van der Waals surface area contributed by atoms with Gasteiger partial charge >= 0.3 is 0 Å². The molecule has 0 spiro atoms. The second-order valence-electron chi connectivity index (χ2n) is 4.26. The smallest absolute Gasteiger partial charge is 0.192 e. The number of hydrogen-bond acceptors (Lipinski definition) is 5. The first-order valence-electron chi connectivity index (χ1n) is 5.80. The van der Waals surface area contributed by atoms with E-state index in [2.05, 4.69) is 16.0 Å². The zero-order valence-electron chi connectivity index (χ0n) is 11.1. The second-order valence-corrected chi connectivity index (χ2v) is 5.31. The van der Waals surface area contributed by atoms with Gasteiger partial charge in [-0.2, -0.15) is 5.26 Å². The van der Waals surface area contributed by atoms with Crippen LogP contribution < -0.4 is 5.73 Å². The SMILES string of the molecule is Cc1nc(Sc2ccc(N)c(C#N)c2)nc(C)c1C. The third-order valence-corrected chi connectivity index (χ3v) is 3.82. The minimum absolute atomic E-state index is 0.477. The molecular weight excluding hydrogens is 256 g/mol. The molecule has 0 radical (unpaired) electrons. The van der Waals surface area contributed by atoms with Crippen LogP contribution in [0.4, 0.5) is 5.69 Å². The second kappa shape index (κ2) is 5.29. The summed E-state index contributed by atoms with van der Waals surface area (Å²) in [5.74, 6) is 0. The summed E-state index contributed by atoms with van der Waals surface area (Å²) in [6, 6.07) is 7.43. The van der Waals surface area contributed by atoms with Crippen molar-refractivity contribution < 1.29 is 0 Å². The molecule has 96 valence electrons. The van der Waals surface area contributed by atoms with Gasteiger partial charge in [-0.05, 0) is 56.3 Å². The van der Waals surface area contributed by atoms with Gasteiger partial charge < -0.3 is 5.73 Å². The van der Waals surface area contributed by atoms with Gasteiger partial charge in [-0.3, -0.25) is 0 Å². The van der Waals surface area contributed by atoms with E-state index in [0.29, 0.717) is 16.4 Å². The summed E-state index contributed by atoms with van der Waals surface area (Å²) in [7, 11) is 0. The molecule has 2 rings (SSSR count). The number of nitrogen functional groups attached to an aromatic ring is 1. The summed E-state index contributed by atoms with van der Waals surface area (Å²) >= 11 is 1.43. The molecule has 0 unspecified atom stereocenters. The third-order valence-electron chi connectivity index (χ3n) is 2.97. The van der Waals surface area contributed by atoms with Crippen LogP contribution in [0, 0.1) is 32.1 Å². The van der Waals surface area contributed by atoms with Gasteiger partial charge in [0.1, 0.15) is 6.07 Å². The lowest BCUT2D eigenvalue weighted by Gasteiger charge is -2.07. The fraction of sp³-hybridized carbons (Fsp3) is 0.214. The number of hydrogen-bond donors (Lipinski definition) is 1. The number of nitriles is 1. The molecule has 0 saturated heterocycles. The summed E-state index contributed by atoms with van der Waals surface area (Å²) in [5, 5.41) is 9.65. The number of benzene rings is 1. The number of nitrogens with zero attached hydrogens (tertiary/aromatic N) is 3. The molecule has 1 heterocycles. The predicted octanol–water partition coefficient (Wildman–Crippen LogP) is 3.01. The van der Waals surface area contributed by atoms with Gasteiger partial charge in [0.15, 0.2) is 5.16 Å². The van der Waals surface area contributed by atoms with Crippen LogP contribution in [0.3, 0.4) is 0 Å². The van der Waals surface area contributed by atoms with E-state index in [-0.39, 0.29) is 0 Å². The molecule has 1 aromatic heterocycles. The van der Waals surface area contributed by atoms with E-state index in [4.69, 9.17) is 11.0 Å². The van der Waals surface area contributed by atoms with Gasteiger partial charge in [0.2, 0.25) is 0 Å². The molecule has 1 aromatic carbocycles. The van der Waals surface area contributed by atoms with Crippen molar-refractivity contribution in [3.63, 3.8) is 0 Å². The van der Waals surface area contributed by atoms with E-state index in [0.717, 1.165) is 21.8 Å². The Bertz CT molecular complexity index is 651. The Balaban J connectivity index is 2.34. The summed E-state index contributed by atoms with van der Waals surface area (Å²) in [6.07, 6.45) is 0. The highest BCUT2D eigenvalue weighted by atomic mass is 32.2. The molecule has 19 heavy (non-hydrogen) atoms. The Hall–Kier alpha value is -2.06. The molecule has 0 atom stereocenters. The summed E-state index contributed by atoms with van der Waals surface area (Å²) in [5.41, 5.74) is 9.73. The average molecular weight is 270 g/mol. The summed E-state index contributed by atoms with van der Waals surface area (Å²) in [6.45, 7) is 5.95. The molecule has 0 fully saturated rings. The van der Waals surface area contributed by atoms with E-state index < -0.39 is 0 Å². The molecule has 0 bridgehead atoms. The Morgan fingerprint density at radius 3 is 2.37 bits per heavy atom. The topological polar surface area (TPSA) is 75.6 Å². The number of aryl methyl sites for hydroxylation is 2. The van der Waals surface area contributed by atoms with Crippen molar-refractivity contribution >= 4 is 17.4 Å². The van der Waals surface area contributed by atoms with E-state index in [1.807, 2.05) is 26.8 Å². The van der Waals surface area contributed by atoms with Crippen LogP contribution >= 0.6 is 11.8 Å². The Kier molecular flexibility index (Phi) is 3.72. The minimum atomic E-state index is 0.477. The van der Waals surface area contributed by atoms with Gasteiger partial charge in [-0.1, -0.05) is 0 Å². The molecule has 0 aliphatic rings. The molecule has 2 aromatic rings. The highest BCUT2D eigenvalue weighted by molar-refractivity contribution is 7.99. The first-order valence-corrected chi connectivity index (χ1v) is 6.62. The maximum Gasteiger partial charge on any atom is 0.192 e. The van der Waals surface area contributed by atoms with Crippen molar-refractivity contribution in [1.29, 1.82) is 5.26 Å². The molecule has 0 aliphatic carbocycles. The first kappa shape index (κ1) is 13.4. The van der Waals surface area contributed by atoms with Gasteiger partial charge in [0.25, 0.3) is 0 Å². The Morgan fingerprint density at radius 1 is 1.16 bits per heavy atom. The fourth-order valence-electron chi connectivity index (χ4n) is 1.59. The number of aromatic nitrogens is 2. The maximum absolute atomic E-state index is 8.96. The number of anilines is 1. The van der Waals surface area contributed by atoms with Crippen LogP contribution in [-0.4, -0.2) is 9.97 Å². The molecule has 0 amide bonds. The van der Waals surface area contributed by atoms with Crippen molar-refractivity contribution in [1.82, 2.24) is 9.97 Å². The van der Waals surface area contributed by atoms with Crippen molar-refractivity contribution in [3.8, 4) is 6.07 Å². The standard InChI is InChI=1S/C14H14N4S/c1-8-9(2)17-14(18-10(8)3)19-12-4-5-13(16)11(6-12)7-15/h4-6H,16H2,1-3H3. The number of nitrogens with two attached hydrogens (primary N) is 1. The molecule has 4 nitrogen and oxygen atoms in total. The van der Waals surface area contributed by atoms with Crippen LogP contribution in [0.1, 0.15) is 22.5 Å². The van der Waals surface area contributed by atoms with Crippen LogP contribution in [-0.2, 0) is 0 Å². The van der Waals surface area contributed by atoms with E-state index in [1.165, 1.54) is 11.8 Å². The highest BCUT2D eigenvalue weighted by Gasteiger charge is 2.07. The molecule has 0 aliphatic heterocycles. The van der Waals surface area contributed by atoms with E-state index in [1.54, 1.807) is 12.1 Å². The lowest BCUT2D eigenvalue weighted by molar-refractivity contribution is 0.881. The van der Waals surface area contributed by atoms with Crippen molar-refractivity contribution in [3.05, 3.63) is 40.7 Å². The van der Waals surface area contributed by atoms with Gasteiger partial charge in [-0.15, -0.1) is 0 Å².